The summed E-state index contributed by atoms with van der Waals surface area (Å²) < 4.78 is 5.61. The first-order valence-corrected chi connectivity index (χ1v) is 9.01. The third kappa shape index (κ3) is 2.64. The van der Waals surface area contributed by atoms with Crippen molar-refractivity contribution in [1.82, 2.24) is 20.6 Å². The Morgan fingerprint density at radius 3 is 2.80 bits per heavy atom. The highest BCUT2D eigenvalue weighted by molar-refractivity contribution is 5.96. The molecule has 2 amide bonds. The summed E-state index contributed by atoms with van der Waals surface area (Å²) in [5, 5.41) is 5.93. The van der Waals surface area contributed by atoms with Crippen molar-refractivity contribution >= 4 is 17.6 Å². The Balaban J connectivity index is 1.58. The van der Waals surface area contributed by atoms with Crippen LogP contribution in [0.15, 0.2) is 0 Å². The van der Waals surface area contributed by atoms with Crippen LogP contribution in [0.25, 0.3) is 0 Å². The molecule has 0 unspecified atom stereocenters. The molecule has 3 fully saturated rings. The van der Waals surface area contributed by atoms with E-state index < -0.39 is 0 Å². The summed E-state index contributed by atoms with van der Waals surface area (Å²) in [6.07, 6.45) is 2.89. The third-order valence-electron chi connectivity index (χ3n) is 5.36. The summed E-state index contributed by atoms with van der Waals surface area (Å²) in [4.78, 5) is 36.2. The number of aromatic nitrogens is 2. The summed E-state index contributed by atoms with van der Waals surface area (Å²) in [5.74, 6) is 1.71. The minimum Gasteiger partial charge on any atom is -0.378 e. The van der Waals surface area contributed by atoms with Crippen LogP contribution in [0.1, 0.15) is 40.6 Å². The second kappa shape index (κ2) is 5.66. The molecule has 1 aromatic rings. The molecule has 3 aliphatic heterocycles. The predicted molar refractivity (Wildman–Crippen MR) is 88.5 cm³/mol. The second-order valence-corrected chi connectivity index (χ2v) is 7.36. The summed E-state index contributed by atoms with van der Waals surface area (Å²) in [6.45, 7) is 2.77. The van der Waals surface area contributed by atoms with Crippen molar-refractivity contribution in [2.75, 3.05) is 37.7 Å². The molecule has 2 N–H and O–H groups in total. The van der Waals surface area contributed by atoms with Crippen molar-refractivity contribution in [2.45, 2.75) is 31.2 Å². The highest BCUT2D eigenvalue weighted by Gasteiger charge is 2.37. The molecule has 0 spiro atoms. The van der Waals surface area contributed by atoms with Gasteiger partial charge in [0.15, 0.2) is 0 Å². The first kappa shape index (κ1) is 15.1. The van der Waals surface area contributed by atoms with Gasteiger partial charge in [-0.1, -0.05) is 0 Å². The minimum atomic E-state index is -0.208. The van der Waals surface area contributed by atoms with Crippen LogP contribution in [0.5, 0.6) is 0 Å². The van der Waals surface area contributed by atoms with Crippen LogP contribution in [0, 0.1) is 5.92 Å². The third-order valence-corrected chi connectivity index (χ3v) is 5.36. The fraction of sp³-hybridized carbons (Fsp3) is 0.647. The SMILES string of the molecule is O=C1NCCc2c1nc(C1CC1)nc2N1C[C@H]2COC[C@@H](C1)C(=O)N2. The van der Waals surface area contributed by atoms with Gasteiger partial charge >= 0.3 is 0 Å². The molecule has 0 aromatic carbocycles. The zero-order valence-electron chi connectivity index (χ0n) is 14.0. The molecule has 4 aliphatic rings. The molecule has 1 aliphatic carbocycles. The van der Waals surface area contributed by atoms with Crippen LogP contribution in [0.2, 0.25) is 0 Å². The Labute approximate surface area is 145 Å². The van der Waals surface area contributed by atoms with Crippen molar-refractivity contribution in [3.8, 4) is 0 Å². The van der Waals surface area contributed by atoms with Crippen LogP contribution < -0.4 is 15.5 Å². The van der Waals surface area contributed by atoms with Crippen molar-refractivity contribution in [3.05, 3.63) is 17.1 Å². The van der Waals surface area contributed by atoms with Gasteiger partial charge in [-0.2, -0.15) is 0 Å². The summed E-state index contributed by atoms with van der Waals surface area (Å²) in [7, 11) is 0. The summed E-state index contributed by atoms with van der Waals surface area (Å²) in [6, 6.07) is -0.0487. The standard InChI is InChI=1S/C17H21N5O3/c23-16-10-5-22(6-11(19-16)8-25-7-10)15-12-3-4-18-17(24)13(12)20-14(21-15)9-1-2-9/h9-11H,1-8H2,(H,18,24)(H,19,23)/t10-,11+/m1/s1. The zero-order chi connectivity index (χ0) is 17.0. The van der Waals surface area contributed by atoms with Gasteiger partial charge in [0.1, 0.15) is 17.3 Å². The smallest absolute Gasteiger partial charge is 0.270 e. The van der Waals surface area contributed by atoms with Crippen LogP contribution >= 0.6 is 0 Å². The van der Waals surface area contributed by atoms with Crippen LogP contribution in [0.3, 0.4) is 0 Å². The average Bonchev–Trinajstić information content (AvgIpc) is 3.42. The monoisotopic (exact) mass is 343 g/mol. The van der Waals surface area contributed by atoms with Crippen LogP contribution in [-0.2, 0) is 16.0 Å². The van der Waals surface area contributed by atoms with Gasteiger partial charge < -0.3 is 20.3 Å². The van der Waals surface area contributed by atoms with Crippen molar-refractivity contribution in [3.63, 3.8) is 0 Å². The molecule has 5 rings (SSSR count). The topological polar surface area (TPSA) is 96.5 Å². The minimum absolute atomic E-state index is 0.0487. The lowest BCUT2D eigenvalue weighted by Gasteiger charge is -2.31. The Bertz CT molecular complexity index is 748. The Morgan fingerprint density at radius 1 is 1.08 bits per heavy atom. The number of amides is 2. The van der Waals surface area contributed by atoms with E-state index in [0.29, 0.717) is 44.5 Å². The highest BCUT2D eigenvalue weighted by Crippen LogP contribution is 2.40. The Kier molecular flexibility index (Phi) is 3.41. The van der Waals surface area contributed by atoms with E-state index in [1.165, 1.54) is 0 Å². The maximum Gasteiger partial charge on any atom is 0.270 e. The number of hydrogen-bond donors (Lipinski definition) is 2. The van der Waals surface area contributed by atoms with Gasteiger partial charge in [0.25, 0.3) is 5.91 Å². The number of carbonyl (C=O) groups is 2. The molecule has 2 saturated heterocycles. The number of nitrogens with zero attached hydrogens (tertiary/aromatic N) is 3. The number of ether oxygens (including phenoxy) is 1. The lowest BCUT2D eigenvalue weighted by molar-refractivity contribution is -0.124. The Hall–Kier alpha value is -2.22. The zero-order valence-corrected chi connectivity index (χ0v) is 14.0. The molecule has 1 aromatic heterocycles. The van der Waals surface area contributed by atoms with Crippen molar-refractivity contribution < 1.29 is 14.3 Å². The molecule has 2 atom stereocenters. The number of anilines is 1. The molecule has 0 radical (unpaired) electrons. The maximum absolute atomic E-state index is 12.3. The fourth-order valence-electron chi connectivity index (χ4n) is 3.88. The van der Waals surface area contributed by atoms with Crippen molar-refractivity contribution in [2.24, 2.45) is 5.92 Å². The van der Waals surface area contributed by atoms with Gasteiger partial charge in [-0.25, -0.2) is 9.97 Å². The second-order valence-electron chi connectivity index (χ2n) is 7.36. The predicted octanol–water partition coefficient (Wildman–Crippen LogP) is -0.409. The summed E-state index contributed by atoms with van der Waals surface area (Å²) in [5.41, 5.74) is 1.43. The number of nitrogens with one attached hydrogen (secondary N) is 2. The number of carbonyl (C=O) groups excluding carboxylic acids is 2. The molecule has 2 bridgehead atoms. The van der Waals surface area contributed by atoms with E-state index in [1.807, 2.05) is 0 Å². The van der Waals surface area contributed by atoms with Gasteiger partial charge in [0.2, 0.25) is 5.91 Å². The van der Waals surface area contributed by atoms with Crippen molar-refractivity contribution in [1.29, 1.82) is 0 Å². The molecule has 132 valence electrons. The van der Waals surface area contributed by atoms with Crippen LogP contribution in [-0.4, -0.2) is 60.7 Å². The number of fused-ring (bicyclic) bond motifs is 4. The molecule has 8 heteroatoms. The molecule has 4 heterocycles. The quantitative estimate of drug-likeness (QED) is 0.758. The van der Waals surface area contributed by atoms with E-state index in [9.17, 15) is 9.59 Å². The average molecular weight is 343 g/mol. The lowest BCUT2D eigenvalue weighted by Crippen LogP contribution is -2.43. The molecular weight excluding hydrogens is 322 g/mol. The normalized spacial score (nSPS) is 28.7. The van der Waals surface area contributed by atoms with E-state index in [0.717, 1.165) is 36.5 Å². The number of rotatable bonds is 2. The highest BCUT2D eigenvalue weighted by atomic mass is 16.5. The molecular formula is C17H21N5O3. The van der Waals surface area contributed by atoms with Gasteiger partial charge in [0, 0.05) is 31.1 Å². The van der Waals surface area contributed by atoms with E-state index in [4.69, 9.17) is 9.72 Å². The largest absolute Gasteiger partial charge is 0.378 e. The molecule has 8 nitrogen and oxygen atoms in total. The molecule has 25 heavy (non-hydrogen) atoms. The molecule has 1 saturated carbocycles. The van der Waals surface area contributed by atoms with E-state index in [1.54, 1.807) is 0 Å². The lowest BCUT2D eigenvalue weighted by atomic mass is 10.0. The van der Waals surface area contributed by atoms with Gasteiger partial charge in [-0.15, -0.1) is 0 Å². The van der Waals surface area contributed by atoms with E-state index >= 15 is 0 Å². The number of hydrogen-bond acceptors (Lipinski definition) is 6. The Morgan fingerprint density at radius 2 is 1.96 bits per heavy atom. The van der Waals surface area contributed by atoms with Crippen LogP contribution in [0.4, 0.5) is 5.82 Å². The van der Waals surface area contributed by atoms with E-state index in [2.05, 4.69) is 20.5 Å². The maximum atomic E-state index is 12.3. The summed E-state index contributed by atoms with van der Waals surface area (Å²) >= 11 is 0. The fourth-order valence-corrected chi connectivity index (χ4v) is 3.88. The van der Waals surface area contributed by atoms with Gasteiger partial charge in [0.05, 0.1) is 25.2 Å². The van der Waals surface area contributed by atoms with Gasteiger partial charge in [-0.05, 0) is 19.3 Å². The first-order valence-electron chi connectivity index (χ1n) is 9.01. The van der Waals surface area contributed by atoms with Gasteiger partial charge in [-0.3, -0.25) is 9.59 Å². The first-order chi connectivity index (χ1) is 12.2. The van der Waals surface area contributed by atoms with E-state index in [-0.39, 0.29) is 23.8 Å².